The van der Waals surface area contributed by atoms with Gasteiger partial charge in [-0.05, 0) is 49.4 Å². The molecule has 2 aliphatic rings. The van der Waals surface area contributed by atoms with Crippen LogP contribution >= 0.6 is 0 Å². The first-order chi connectivity index (χ1) is 14.7. The van der Waals surface area contributed by atoms with E-state index in [0.717, 1.165) is 62.3 Å². The van der Waals surface area contributed by atoms with Crippen molar-refractivity contribution >= 4 is 11.5 Å². The molecule has 2 fully saturated rings. The zero-order valence-corrected chi connectivity index (χ0v) is 17.0. The summed E-state index contributed by atoms with van der Waals surface area (Å²) in [4.78, 5) is 13.3. The first kappa shape index (κ1) is 19.4. The minimum absolute atomic E-state index is 0.0168. The monoisotopic (exact) mass is 408 g/mol. The van der Waals surface area contributed by atoms with Crippen LogP contribution in [0.1, 0.15) is 30.5 Å². The van der Waals surface area contributed by atoms with Crippen molar-refractivity contribution in [3.63, 3.8) is 0 Å². The summed E-state index contributed by atoms with van der Waals surface area (Å²) in [5, 5.41) is 24.4. The molecule has 0 amide bonds. The summed E-state index contributed by atoms with van der Waals surface area (Å²) in [5.74, 6) is 1.25. The summed E-state index contributed by atoms with van der Waals surface area (Å²) in [6.45, 7) is 2.62. The van der Waals surface area contributed by atoms with Gasteiger partial charge in [-0.25, -0.2) is 14.5 Å². The lowest BCUT2D eigenvalue weighted by Gasteiger charge is -2.39. The second-order valence-corrected chi connectivity index (χ2v) is 8.37. The predicted molar refractivity (Wildman–Crippen MR) is 113 cm³/mol. The summed E-state index contributed by atoms with van der Waals surface area (Å²) in [6, 6.07) is 10.4. The summed E-state index contributed by atoms with van der Waals surface area (Å²) in [6.07, 6.45) is 6.95. The molecule has 5 rings (SSSR count). The number of anilines is 1. The Labute approximate surface area is 175 Å². The molecule has 0 bridgehead atoms. The molecule has 0 radical (unpaired) electrons. The van der Waals surface area contributed by atoms with Gasteiger partial charge in [-0.3, -0.25) is 4.90 Å². The molecule has 1 unspecified atom stereocenters. The third-order valence-corrected chi connectivity index (χ3v) is 6.57. The summed E-state index contributed by atoms with van der Waals surface area (Å²) < 4.78 is 1.90. The van der Waals surface area contributed by atoms with Crippen LogP contribution in [0.5, 0.6) is 0 Å². The third kappa shape index (κ3) is 3.66. The summed E-state index contributed by atoms with van der Waals surface area (Å²) in [7, 11) is 0. The van der Waals surface area contributed by atoms with Crippen molar-refractivity contribution in [1.82, 2.24) is 24.5 Å². The Bertz CT molecular complexity index is 991. The molecular formula is C22H28N6O2. The average molecular weight is 409 g/mol. The maximum absolute atomic E-state index is 10.9. The molecule has 2 N–H and O–H groups in total. The van der Waals surface area contributed by atoms with Crippen LogP contribution < -0.4 is 4.90 Å². The zero-order valence-electron chi connectivity index (χ0n) is 17.0. The molecule has 158 valence electrons. The average Bonchev–Trinajstić information content (AvgIpc) is 3.39. The molecule has 0 saturated carbocycles. The minimum Gasteiger partial charge on any atom is -0.392 e. The van der Waals surface area contributed by atoms with E-state index < -0.39 is 0 Å². The Morgan fingerprint density at radius 3 is 2.87 bits per heavy atom. The van der Waals surface area contributed by atoms with E-state index >= 15 is 0 Å². The van der Waals surface area contributed by atoms with Crippen LogP contribution in [0.4, 0.5) is 5.82 Å². The van der Waals surface area contributed by atoms with E-state index in [9.17, 15) is 10.2 Å². The number of aliphatic hydroxyl groups excluding tert-OH is 2. The van der Waals surface area contributed by atoms with Gasteiger partial charge in [-0.1, -0.05) is 12.1 Å². The van der Waals surface area contributed by atoms with Crippen molar-refractivity contribution in [2.24, 2.45) is 5.92 Å². The number of aliphatic hydroxyl groups is 2. The van der Waals surface area contributed by atoms with Crippen molar-refractivity contribution < 1.29 is 10.2 Å². The molecule has 0 spiro atoms. The normalized spacial score (nSPS) is 24.5. The van der Waals surface area contributed by atoms with Crippen LogP contribution in [0.3, 0.4) is 0 Å². The standard InChI is InChI=1S/C22H28N6O2/c29-14-16-7-8-20(23-12-16)26-9-10-27-19(13-26)11-17(22(27)30)3-1-4-18-5-2-6-21-24-15-25-28(18)21/h2,5-8,12,15,17,19,22,29-30H,1,3-4,9-11,13-14H2/t17-,19-,22?/m0/s1. The number of aromatic nitrogens is 4. The van der Waals surface area contributed by atoms with E-state index in [1.807, 2.05) is 28.8 Å². The van der Waals surface area contributed by atoms with Crippen LogP contribution in [-0.2, 0) is 13.0 Å². The van der Waals surface area contributed by atoms with Crippen molar-refractivity contribution in [2.45, 2.75) is 44.6 Å². The maximum Gasteiger partial charge on any atom is 0.155 e. The first-order valence-electron chi connectivity index (χ1n) is 10.7. The van der Waals surface area contributed by atoms with E-state index in [-0.39, 0.29) is 12.8 Å². The Hall–Kier alpha value is -2.55. The van der Waals surface area contributed by atoms with Gasteiger partial charge < -0.3 is 15.1 Å². The van der Waals surface area contributed by atoms with E-state index in [1.54, 1.807) is 12.5 Å². The second kappa shape index (κ2) is 8.29. The fourth-order valence-electron chi connectivity index (χ4n) is 4.98. The Morgan fingerprint density at radius 1 is 1.10 bits per heavy atom. The van der Waals surface area contributed by atoms with Crippen molar-refractivity contribution in [2.75, 3.05) is 24.5 Å². The molecule has 3 aromatic heterocycles. The maximum atomic E-state index is 10.9. The summed E-state index contributed by atoms with van der Waals surface area (Å²) in [5.41, 5.74) is 2.88. The number of aryl methyl sites for hydroxylation is 1. The van der Waals surface area contributed by atoms with E-state index in [4.69, 9.17) is 0 Å². The lowest BCUT2D eigenvalue weighted by atomic mass is 9.96. The first-order valence-corrected chi connectivity index (χ1v) is 10.7. The van der Waals surface area contributed by atoms with Gasteiger partial charge in [0.2, 0.25) is 0 Å². The number of fused-ring (bicyclic) bond motifs is 2. The lowest BCUT2D eigenvalue weighted by molar-refractivity contribution is -0.0126. The Balaban J connectivity index is 1.18. The third-order valence-electron chi connectivity index (χ3n) is 6.57. The molecule has 8 nitrogen and oxygen atoms in total. The number of pyridine rings is 2. The van der Waals surface area contributed by atoms with E-state index in [1.165, 1.54) is 5.69 Å². The van der Waals surface area contributed by atoms with Crippen LogP contribution in [0.25, 0.3) is 5.65 Å². The molecule has 3 atom stereocenters. The molecule has 2 saturated heterocycles. The predicted octanol–water partition coefficient (Wildman–Crippen LogP) is 1.47. The van der Waals surface area contributed by atoms with Crippen LogP contribution in [0.15, 0.2) is 42.9 Å². The number of nitrogens with zero attached hydrogens (tertiary/aromatic N) is 6. The van der Waals surface area contributed by atoms with Gasteiger partial charge in [0.15, 0.2) is 5.65 Å². The zero-order chi connectivity index (χ0) is 20.5. The van der Waals surface area contributed by atoms with Gasteiger partial charge in [0.25, 0.3) is 0 Å². The molecule has 0 aliphatic carbocycles. The van der Waals surface area contributed by atoms with E-state index in [0.29, 0.717) is 12.0 Å². The van der Waals surface area contributed by atoms with Gasteiger partial charge in [0.1, 0.15) is 18.4 Å². The second-order valence-electron chi connectivity index (χ2n) is 8.37. The van der Waals surface area contributed by atoms with Gasteiger partial charge in [-0.2, -0.15) is 5.10 Å². The summed E-state index contributed by atoms with van der Waals surface area (Å²) >= 11 is 0. The van der Waals surface area contributed by atoms with Crippen LogP contribution in [0, 0.1) is 5.92 Å². The van der Waals surface area contributed by atoms with Crippen molar-refractivity contribution in [1.29, 1.82) is 0 Å². The molecule has 2 aliphatic heterocycles. The van der Waals surface area contributed by atoms with Gasteiger partial charge >= 0.3 is 0 Å². The Morgan fingerprint density at radius 2 is 2.03 bits per heavy atom. The molecule has 3 aromatic rings. The molecular weight excluding hydrogens is 380 g/mol. The minimum atomic E-state index is -0.357. The van der Waals surface area contributed by atoms with Gasteiger partial charge in [0.05, 0.1) is 6.61 Å². The van der Waals surface area contributed by atoms with Crippen LogP contribution in [0.2, 0.25) is 0 Å². The van der Waals surface area contributed by atoms with Crippen LogP contribution in [-0.4, -0.2) is 66.6 Å². The lowest BCUT2D eigenvalue weighted by Crippen LogP contribution is -2.53. The highest BCUT2D eigenvalue weighted by molar-refractivity contribution is 5.40. The number of rotatable bonds is 6. The topological polar surface area (TPSA) is 90.0 Å². The van der Waals surface area contributed by atoms with Gasteiger partial charge in [0, 0.05) is 43.5 Å². The fraction of sp³-hybridized carbons (Fsp3) is 0.500. The van der Waals surface area contributed by atoms with E-state index in [2.05, 4.69) is 30.9 Å². The molecule has 5 heterocycles. The SMILES string of the molecule is OCc1ccc(N2CCN3C(O)[C@@H](CCCc4cccc5ncnn45)C[C@H]3C2)nc1. The molecule has 0 aromatic carbocycles. The van der Waals surface area contributed by atoms with Crippen molar-refractivity contribution in [3.05, 3.63) is 54.1 Å². The highest BCUT2D eigenvalue weighted by atomic mass is 16.3. The van der Waals surface area contributed by atoms with Gasteiger partial charge in [-0.15, -0.1) is 0 Å². The molecule has 30 heavy (non-hydrogen) atoms. The molecule has 8 heteroatoms. The highest BCUT2D eigenvalue weighted by Crippen LogP contribution is 2.35. The highest BCUT2D eigenvalue weighted by Gasteiger charge is 2.42. The number of piperazine rings is 1. The number of hydrogen-bond acceptors (Lipinski definition) is 7. The Kier molecular flexibility index (Phi) is 5.37. The quantitative estimate of drug-likeness (QED) is 0.638. The fourth-order valence-corrected chi connectivity index (χ4v) is 4.98. The smallest absolute Gasteiger partial charge is 0.155 e. The van der Waals surface area contributed by atoms with Crippen molar-refractivity contribution in [3.8, 4) is 0 Å². The number of hydrogen-bond donors (Lipinski definition) is 2. The largest absolute Gasteiger partial charge is 0.392 e.